The van der Waals surface area contributed by atoms with E-state index in [1.807, 2.05) is 12.1 Å². The van der Waals surface area contributed by atoms with Crippen molar-refractivity contribution < 1.29 is 19.1 Å². The van der Waals surface area contributed by atoms with Gasteiger partial charge in [-0.1, -0.05) is 26.0 Å². The molecule has 0 aliphatic carbocycles. The summed E-state index contributed by atoms with van der Waals surface area (Å²) in [6.45, 7) is 4.34. The van der Waals surface area contributed by atoms with Gasteiger partial charge in [-0.3, -0.25) is 9.59 Å². The molecule has 3 aromatic rings. The van der Waals surface area contributed by atoms with E-state index < -0.39 is 0 Å². The second-order valence-corrected chi connectivity index (χ2v) is 8.23. The van der Waals surface area contributed by atoms with Crippen LogP contribution < -0.4 is 20.1 Å². The fourth-order valence-electron chi connectivity index (χ4n) is 2.91. The summed E-state index contributed by atoms with van der Waals surface area (Å²) >= 11 is 1.49. The predicted molar refractivity (Wildman–Crippen MR) is 115 cm³/mol. The van der Waals surface area contributed by atoms with E-state index in [0.717, 1.165) is 10.4 Å². The summed E-state index contributed by atoms with van der Waals surface area (Å²) in [4.78, 5) is 30.1. The molecule has 0 bridgehead atoms. The lowest BCUT2D eigenvalue weighted by Crippen LogP contribution is -2.14. The molecule has 154 valence electrons. The maximum atomic E-state index is 12.5. The monoisotopic (exact) mass is 423 g/mol. The van der Waals surface area contributed by atoms with Crippen molar-refractivity contribution >= 4 is 34.0 Å². The van der Waals surface area contributed by atoms with E-state index in [4.69, 9.17) is 9.47 Å². The van der Waals surface area contributed by atoms with Crippen LogP contribution >= 0.6 is 11.3 Å². The molecular formula is C22H21N3O4S. The third kappa shape index (κ3) is 4.60. The molecule has 1 aliphatic rings. The Morgan fingerprint density at radius 1 is 1.07 bits per heavy atom. The summed E-state index contributed by atoms with van der Waals surface area (Å²) < 4.78 is 10.6. The second kappa shape index (κ2) is 8.54. The summed E-state index contributed by atoms with van der Waals surface area (Å²) in [5.74, 6) is 1.20. The third-order valence-corrected chi connectivity index (χ3v) is 5.76. The first-order valence-electron chi connectivity index (χ1n) is 9.53. The van der Waals surface area contributed by atoms with Gasteiger partial charge < -0.3 is 20.1 Å². The normalized spacial score (nSPS) is 12.1. The highest BCUT2D eigenvalue weighted by Crippen LogP contribution is 2.32. The molecular weight excluding hydrogens is 402 g/mol. The number of hydrogen-bond donors (Lipinski definition) is 2. The van der Waals surface area contributed by atoms with Crippen LogP contribution in [0.25, 0.3) is 0 Å². The largest absolute Gasteiger partial charge is 0.454 e. The number of carbonyl (C=O) groups is 2. The summed E-state index contributed by atoms with van der Waals surface area (Å²) in [5, 5.41) is 6.28. The van der Waals surface area contributed by atoms with Crippen LogP contribution in [0.4, 0.5) is 10.8 Å². The van der Waals surface area contributed by atoms with E-state index in [-0.39, 0.29) is 25.0 Å². The van der Waals surface area contributed by atoms with Gasteiger partial charge in [0.2, 0.25) is 12.7 Å². The molecule has 1 aromatic heterocycles. The predicted octanol–water partition coefficient (Wildman–Crippen LogP) is 4.43. The molecule has 0 saturated carbocycles. The van der Waals surface area contributed by atoms with E-state index in [1.54, 1.807) is 36.5 Å². The molecule has 0 fully saturated rings. The van der Waals surface area contributed by atoms with E-state index in [0.29, 0.717) is 33.8 Å². The standard InChI is InChI=1S/C22H21N3O4S/c1-13(2)19-11-23-22(30-19)25-20(26)9-14-3-6-16(7-4-14)24-21(27)15-5-8-17-18(10-15)29-12-28-17/h3-8,10-11,13H,9,12H2,1-2H3,(H,24,27)(H,23,25,26). The van der Waals surface area contributed by atoms with E-state index >= 15 is 0 Å². The zero-order chi connectivity index (χ0) is 21.1. The zero-order valence-electron chi connectivity index (χ0n) is 16.6. The Morgan fingerprint density at radius 3 is 2.57 bits per heavy atom. The number of nitrogens with one attached hydrogen (secondary N) is 2. The number of benzene rings is 2. The second-order valence-electron chi connectivity index (χ2n) is 7.17. The van der Waals surface area contributed by atoms with Crippen LogP contribution in [0.2, 0.25) is 0 Å². The summed E-state index contributed by atoms with van der Waals surface area (Å²) in [6, 6.07) is 12.2. The summed E-state index contributed by atoms with van der Waals surface area (Å²) in [7, 11) is 0. The van der Waals surface area contributed by atoms with Crippen LogP contribution in [-0.2, 0) is 11.2 Å². The van der Waals surface area contributed by atoms with E-state index in [1.165, 1.54) is 11.3 Å². The molecule has 7 nitrogen and oxygen atoms in total. The molecule has 0 saturated heterocycles. The Balaban J connectivity index is 1.33. The van der Waals surface area contributed by atoms with Crippen molar-refractivity contribution in [2.24, 2.45) is 0 Å². The van der Waals surface area contributed by atoms with Crippen molar-refractivity contribution in [3.8, 4) is 11.5 Å². The van der Waals surface area contributed by atoms with E-state index in [2.05, 4.69) is 29.5 Å². The Morgan fingerprint density at radius 2 is 1.83 bits per heavy atom. The number of aromatic nitrogens is 1. The number of carbonyl (C=O) groups excluding carboxylic acids is 2. The lowest BCUT2D eigenvalue weighted by atomic mass is 10.1. The van der Waals surface area contributed by atoms with Gasteiger partial charge in [0, 0.05) is 22.3 Å². The lowest BCUT2D eigenvalue weighted by Gasteiger charge is -2.07. The number of ether oxygens (including phenoxy) is 2. The molecule has 30 heavy (non-hydrogen) atoms. The Labute approximate surface area is 178 Å². The highest BCUT2D eigenvalue weighted by Gasteiger charge is 2.16. The molecule has 2 heterocycles. The lowest BCUT2D eigenvalue weighted by molar-refractivity contribution is -0.115. The topological polar surface area (TPSA) is 89.6 Å². The highest BCUT2D eigenvalue weighted by molar-refractivity contribution is 7.15. The molecule has 0 radical (unpaired) electrons. The van der Waals surface area contributed by atoms with Crippen molar-refractivity contribution in [2.45, 2.75) is 26.2 Å². The van der Waals surface area contributed by atoms with Gasteiger partial charge in [0.15, 0.2) is 16.6 Å². The van der Waals surface area contributed by atoms with Crippen LogP contribution in [0.15, 0.2) is 48.7 Å². The smallest absolute Gasteiger partial charge is 0.255 e. The molecule has 2 amide bonds. The van der Waals surface area contributed by atoms with Gasteiger partial charge >= 0.3 is 0 Å². The number of rotatable bonds is 6. The zero-order valence-corrected chi connectivity index (χ0v) is 17.4. The Hall–Kier alpha value is -3.39. The first kappa shape index (κ1) is 19.9. The molecule has 0 atom stereocenters. The number of thiazole rings is 1. The highest BCUT2D eigenvalue weighted by atomic mass is 32.1. The average Bonchev–Trinajstić information content (AvgIpc) is 3.38. The fourth-order valence-corrected chi connectivity index (χ4v) is 3.74. The van der Waals surface area contributed by atoms with Crippen LogP contribution in [0.1, 0.15) is 40.6 Å². The minimum Gasteiger partial charge on any atom is -0.454 e. The first-order valence-corrected chi connectivity index (χ1v) is 10.3. The van der Waals surface area contributed by atoms with Crippen molar-refractivity contribution in [1.29, 1.82) is 0 Å². The van der Waals surface area contributed by atoms with Gasteiger partial charge in [-0.05, 0) is 41.8 Å². The molecule has 0 unspecified atom stereocenters. The van der Waals surface area contributed by atoms with Gasteiger partial charge in [0.1, 0.15) is 0 Å². The average molecular weight is 423 g/mol. The van der Waals surface area contributed by atoms with Crippen molar-refractivity contribution in [1.82, 2.24) is 4.98 Å². The number of amides is 2. The van der Waals surface area contributed by atoms with Crippen LogP contribution in [0.3, 0.4) is 0 Å². The maximum absolute atomic E-state index is 12.5. The third-order valence-electron chi connectivity index (χ3n) is 4.55. The molecule has 8 heteroatoms. The van der Waals surface area contributed by atoms with Crippen LogP contribution in [0.5, 0.6) is 11.5 Å². The van der Waals surface area contributed by atoms with Crippen molar-refractivity contribution in [2.75, 3.05) is 17.4 Å². The van der Waals surface area contributed by atoms with Gasteiger partial charge in [0.25, 0.3) is 5.91 Å². The fraction of sp³-hybridized carbons (Fsp3) is 0.227. The SMILES string of the molecule is CC(C)c1cnc(NC(=O)Cc2ccc(NC(=O)c3ccc4c(c3)OCO4)cc2)s1. The molecule has 0 spiro atoms. The summed E-state index contributed by atoms with van der Waals surface area (Å²) in [5.41, 5.74) is 1.96. The van der Waals surface area contributed by atoms with Crippen molar-refractivity contribution in [3.63, 3.8) is 0 Å². The number of nitrogens with zero attached hydrogens (tertiary/aromatic N) is 1. The van der Waals surface area contributed by atoms with Gasteiger partial charge in [0.05, 0.1) is 6.42 Å². The Kier molecular flexibility index (Phi) is 5.67. The number of anilines is 2. The molecule has 4 rings (SSSR count). The number of fused-ring (bicyclic) bond motifs is 1. The molecule has 2 N–H and O–H groups in total. The maximum Gasteiger partial charge on any atom is 0.255 e. The first-order chi connectivity index (χ1) is 14.5. The van der Waals surface area contributed by atoms with Gasteiger partial charge in [-0.15, -0.1) is 11.3 Å². The van der Waals surface area contributed by atoms with E-state index in [9.17, 15) is 9.59 Å². The Bertz CT molecular complexity index is 1080. The van der Waals surface area contributed by atoms with Crippen LogP contribution in [-0.4, -0.2) is 23.6 Å². The minimum atomic E-state index is -0.247. The van der Waals surface area contributed by atoms with Crippen molar-refractivity contribution in [3.05, 3.63) is 64.7 Å². The quantitative estimate of drug-likeness (QED) is 0.612. The van der Waals surface area contributed by atoms with Gasteiger partial charge in [-0.2, -0.15) is 0 Å². The molecule has 2 aromatic carbocycles. The summed E-state index contributed by atoms with van der Waals surface area (Å²) in [6.07, 6.45) is 2.02. The van der Waals surface area contributed by atoms with Gasteiger partial charge in [-0.25, -0.2) is 4.98 Å². The van der Waals surface area contributed by atoms with Crippen LogP contribution in [0, 0.1) is 0 Å². The number of hydrogen-bond acceptors (Lipinski definition) is 6. The molecule has 1 aliphatic heterocycles. The minimum absolute atomic E-state index is 0.128.